The monoisotopic (exact) mass is 354 g/mol. The molecular formula is C18H15ClN4O2. The van der Waals surface area contributed by atoms with E-state index < -0.39 is 12.1 Å². The van der Waals surface area contributed by atoms with E-state index in [2.05, 4.69) is 10.3 Å². The molecule has 2 aromatic carbocycles. The second kappa shape index (κ2) is 5.67. The summed E-state index contributed by atoms with van der Waals surface area (Å²) < 4.78 is 0. The number of rotatable bonds is 2. The number of halogens is 1. The third-order valence-corrected chi connectivity index (χ3v) is 4.69. The zero-order chi connectivity index (χ0) is 17.7. The topological polar surface area (TPSA) is 65.3 Å². The van der Waals surface area contributed by atoms with Gasteiger partial charge in [0.05, 0.1) is 11.4 Å². The molecule has 2 aromatic rings. The number of aryl methyl sites for hydroxylation is 2. The molecule has 0 aromatic heterocycles. The predicted octanol–water partition coefficient (Wildman–Crippen LogP) is 3.45. The lowest BCUT2D eigenvalue weighted by atomic mass is 10.1. The molecule has 6 nitrogen and oxygen atoms in total. The lowest BCUT2D eigenvalue weighted by molar-refractivity contribution is -0.121. The molecule has 1 fully saturated rings. The number of nitrogens with zero attached hydrogens (tertiary/aromatic N) is 4. The Morgan fingerprint density at radius 3 is 2.60 bits per heavy atom. The van der Waals surface area contributed by atoms with Gasteiger partial charge in [0.2, 0.25) is 0 Å². The minimum Gasteiger partial charge on any atom is -0.271 e. The van der Waals surface area contributed by atoms with Crippen LogP contribution in [0.1, 0.15) is 11.1 Å². The first kappa shape index (κ1) is 15.8. The third kappa shape index (κ3) is 2.41. The number of hydrogen-bond donors (Lipinski definition) is 0. The molecule has 2 atom stereocenters. The van der Waals surface area contributed by atoms with Crippen LogP contribution in [0, 0.1) is 13.8 Å². The molecule has 2 aliphatic heterocycles. The van der Waals surface area contributed by atoms with Crippen LogP contribution in [0.5, 0.6) is 0 Å². The first-order valence-corrected chi connectivity index (χ1v) is 8.26. The summed E-state index contributed by atoms with van der Waals surface area (Å²) in [4.78, 5) is 26.9. The molecule has 0 aliphatic carbocycles. The Morgan fingerprint density at radius 2 is 1.84 bits per heavy atom. The van der Waals surface area contributed by atoms with Gasteiger partial charge >= 0.3 is 0 Å². The Hall–Kier alpha value is -2.73. The molecule has 0 radical (unpaired) electrons. The van der Waals surface area contributed by atoms with Crippen molar-refractivity contribution in [1.82, 2.24) is 0 Å². The molecule has 126 valence electrons. The fraction of sp³-hybridized carbons (Fsp3) is 0.222. The SMILES string of the molecule is Cc1ccc(C)c(N2N=NC3C(=O)N(c4cccc(Cl)c4)C(=O)C32)c1. The maximum atomic E-state index is 13.0. The maximum absolute atomic E-state index is 13.0. The Bertz CT molecular complexity index is 927. The highest BCUT2D eigenvalue weighted by molar-refractivity contribution is 6.32. The average molecular weight is 355 g/mol. The van der Waals surface area contributed by atoms with Gasteiger partial charge in [-0.05, 0) is 49.2 Å². The van der Waals surface area contributed by atoms with E-state index in [0.29, 0.717) is 10.7 Å². The van der Waals surface area contributed by atoms with Crippen molar-refractivity contribution in [3.8, 4) is 0 Å². The van der Waals surface area contributed by atoms with Crippen molar-refractivity contribution in [1.29, 1.82) is 0 Å². The van der Waals surface area contributed by atoms with Crippen molar-refractivity contribution >= 4 is 34.8 Å². The highest BCUT2D eigenvalue weighted by atomic mass is 35.5. The minimum absolute atomic E-state index is 0.344. The standard InChI is InChI=1S/C18H15ClN4O2/c1-10-6-7-11(2)14(8-10)23-16-15(20-21-23)17(24)22(18(16)25)13-5-3-4-12(19)9-13/h3-9,15-16H,1-2H3. The summed E-state index contributed by atoms with van der Waals surface area (Å²) in [5.74, 6) is -0.725. The predicted molar refractivity (Wildman–Crippen MR) is 94.8 cm³/mol. The van der Waals surface area contributed by atoms with Crippen LogP contribution in [0.3, 0.4) is 0 Å². The van der Waals surface area contributed by atoms with E-state index in [1.165, 1.54) is 0 Å². The molecule has 2 aliphatic rings. The normalized spacial score (nSPS) is 22.0. The molecule has 0 N–H and O–H groups in total. The molecule has 0 bridgehead atoms. The van der Waals surface area contributed by atoms with E-state index in [9.17, 15) is 9.59 Å². The van der Waals surface area contributed by atoms with Gasteiger partial charge in [-0.3, -0.25) is 9.59 Å². The molecule has 0 spiro atoms. The number of anilines is 2. The van der Waals surface area contributed by atoms with Crippen LogP contribution in [0.2, 0.25) is 5.02 Å². The molecule has 2 unspecified atom stereocenters. The number of imide groups is 1. The molecule has 1 saturated heterocycles. The molecule has 0 saturated carbocycles. The summed E-state index contributed by atoms with van der Waals surface area (Å²) in [5.41, 5.74) is 3.24. The van der Waals surface area contributed by atoms with Crippen molar-refractivity contribution in [2.75, 3.05) is 9.91 Å². The summed E-state index contributed by atoms with van der Waals surface area (Å²) in [6.45, 7) is 3.90. The number of benzene rings is 2. The summed E-state index contributed by atoms with van der Waals surface area (Å²) in [6.07, 6.45) is 0. The van der Waals surface area contributed by atoms with Crippen molar-refractivity contribution in [2.24, 2.45) is 10.3 Å². The zero-order valence-corrected chi connectivity index (χ0v) is 14.4. The van der Waals surface area contributed by atoms with E-state index in [-0.39, 0.29) is 11.8 Å². The van der Waals surface area contributed by atoms with Gasteiger partial charge in [-0.1, -0.05) is 35.0 Å². The molecule has 4 rings (SSSR count). The van der Waals surface area contributed by atoms with Crippen molar-refractivity contribution in [3.05, 3.63) is 58.6 Å². The number of carbonyl (C=O) groups excluding carboxylic acids is 2. The Balaban J connectivity index is 1.74. The van der Waals surface area contributed by atoms with Crippen LogP contribution in [-0.4, -0.2) is 23.9 Å². The van der Waals surface area contributed by atoms with E-state index in [0.717, 1.165) is 21.7 Å². The Kier molecular flexibility index (Phi) is 3.58. The second-order valence-electron chi connectivity index (χ2n) is 6.22. The van der Waals surface area contributed by atoms with Crippen LogP contribution in [0.4, 0.5) is 11.4 Å². The van der Waals surface area contributed by atoms with Crippen molar-refractivity contribution in [2.45, 2.75) is 25.9 Å². The van der Waals surface area contributed by atoms with E-state index in [4.69, 9.17) is 11.6 Å². The lowest BCUT2D eigenvalue weighted by Crippen LogP contribution is -2.40. The maximum Gasteiger partial charge on any atom is 0.263 e. The number of fused-ring (bicyclic) bond motifs is 1. The highest BCUT2D eigenvalue weighted by Crippen LogP contribution is 2.36. The van der Waals surface area contributed by atoms with Gasteiger partial charge in [0.15, 0.2) is 12.1 Å². The van der Waals surface area contributed by atoms with Gasteiger partial charge in [-0.25, -0.2) is 9.91 Å². The average Bonchev–Trinajstić information content (AvgIpc) is 3.11. The number of amides is 2. The molecule has 25 heavy (non-hydrogen) atoms. The molecule has 7 heteroatoms. The Labute approximate surface area is 149 Å². The highest BCUT2D eigenvalue weighted by Gasteiger charge is 2.55. The Morgan fingerprint density at radius 1 is 1.04 bits per heavy atom. The molecular weight excluding hydrogens is 340 g/mol. The minimum atomic E-state index is -0.827. The van der Waals surface area contributed by atoms with Gasteiger partial charge < -0.3 is 0 Å². The first-order chi connectivity index (χ1) is 12.0. The van der Waals surface area contributed by atoms with Crippen LogP contribution < -0.4 is 9.91 Å². The van der Waals surface area contributed by atoms with E-state index >= 15 is 0 Å². The van der Waals surface area contributed by atoms with Gasteiger partial charge in [-0.2, -0.15) is 5.11 Å². The van der Waals surface area contributed by atoms with Gasteiger partial charge in [0, 0.05) is 5.02 Å². The molecule has 2 amide bonds. The third-order valence-electron chi connectivity index (χ3n) is 4.46. The van der Waals surface area contributed by atoms with Crippen molar-refractivity contribution in [3.63, 3.8) is 0 Å². The smallest absolute Gasteiger partial charge is 0.263 e. The second-order valence-corrected chi connectivity index (χ2v) is 6.66. The van der Waals surface area contributed by atoms with Crippen LogP contribution >= 0.6 is 11.6 Å². The fourth-order valence-corrected chi connectivity index (χ4v) is 3.38. The first-order valence-electron chi connectivity index (χ1n) is 7.88. The van der Waals surface area contributed by atoms with Crippen molar-refractivity contribution < 1.29 is 9.59 Å². The van der Waals surface area contributed by atoms with E-state index in [1.807, 2.05) is 32.0 Å². The fourth-order valence-electron chi connectivity index (χ4n) is 3.20. The van der Waals surface area contributed by atoms with Crippen LogP contribution in [0.15, 0.2) is 52.8 Å². The number of hydrogen-bond acceptors (Lipinski definition) is 5. The summed E-state index contributed by atoms with van der Waals surface area (Å²) in [6, 6.07) is 11.0. The van der Waals surface area contributed by atoms with E-state index in [1.54, 1.807) is 29.3 Å². The van der Waals surface area contributed by atoms with Crippen LogP contribution in [0.25, 0.3) is 0 Å². The molecule has 2 heterocycles. The lowest BCUT2D eigenvalue weighted by Gasteiger charge is -2.22. The quantitative estimate of drug-likeness (QED) is 0.776. The summed E-state index contributed by atoms with van der Waals surface area (Å²) in [7, 11) is 0. The summed E-state index contributed by atoms with van der Waals surface area (Å²) in [5, 5.41) is 10.2. The van der Waals surface area contributed by atoms with Gasteiger partial charge in [0.25, 0.3) is 11.8 Å². The van der Waals surface area contributed by atoms with Gasteiger partial charge in [0.1, 0.15) is 0 Å². The zero-order valence-electron chi connectivity index (χ0n) is 13.7. The largest absolute Gasteiger partial charge is 0.271 e. The van der Waals surface area contributed by atoms with Crippen LogP contribution in [-0.2, 0) is 9.59 Å². The number of carbonyl (C=O) groups is 2. The van der Waals surface area contributed by atoms with Gasteiger partial charge in [-0.15, -0.1) is 0 Å². The summed E-state index contributed by atoms with van der Waals surface area (Å²) >= 11 is 6.00.